The molecule has 0 saturated heterocycles. The van der Waals surface area contributed by atoms with Crippen LogP contribution in [0.5, 0.6) is 5.75 Å². The summed E-state index contributed by atoms with van der Waals surface area (Å²) in [5.41, 5.74) is 0.304. The van der Waals surface area contributed by atoms with Crippen molar-refractivity contribution in [3.63, 3.8) is 0 Å². The van der Waals surface area contributed by atoms with E-state index in [0.717, 1.165) is 12.1 Å². The largest absolute Gasteiger partial charge is 0.872 e. The predicted octanol–water partition coefficient (Wildman–Crippen LogP) is 3.36. The van der Waals surface area contributed by atoms with Crippen molar-refractivity contribution in [2.24, 2.45) is 0 Å². The maximum atomic E-state index is 12.8. The highest BCUT2D eigenvalue weighted by atomic mass is 35.5. The molecule has 3 rings (SSSR count). The van der Waals surface area contributed by atoms with Gasteiger partial charge in [-0.2, -0.15) is 0 Å². The van der Waals surface area contributed by atoms with E-state index >= 15 is 0 Å². The Kier molecular flexibility index (Phi) is 5.38. The molecule has 0 aliphatic heterocycles. The van der Waals surface area contributed by atoms with Gasteiger partial charge in [0.1, 0.15) is 0 Å². The fourth-order valence-electron chi connectivity index (χ4n) is 2.53. The molecule has 0 unspecified atom stereocenters. The Morgan fingerprint density at radius 1 is 0.857 bits per heavy atom. The molecule has 0 radical (unpaired) electrons. The van der Waals surface area contributed by atoms with Crippen LogP contribution in [0.1, 0.15) is 5.56 Å². The van der Waals surface area contributed by atoms with Gasteiger partial charge in [-0.3, -0.25) is 4.72 Å². The third kappa shape index (κ3) is 3.99. The molecule has 0 atom stereocenters. The van der Waals surface area contributed by atoms with Crippen molar-refractivity contribution in [1.29, 1.82) is 0 Å². The molecule has 0 fully saturated rings. The van der Waals surface area contributed by atoms with Crippen molar-refractivity contribution in [2.45, 2.75) is 21.6 Å². The van der Waals surface area contributed by atoms with Crippen molar-refractivity contribution >= 4 is 37.1 Å². The van der Waals surface area contributed by atoms with E-state index in [4.69, 9.17) is 11.6 Å². The Morgan fingerprint density at radius 3 is 2.07 bits per heavy atom. The Hall–Kier alpha value is -2.55. The number of nitrogens with one attached hydrogen (secondary N) is 1. The van der Waals surface area contributed by atoms with Gasteiger partial charge >= 0.3 is 0 Å². The van der Waals surface area contributed by atoms with Crippen molar-refractivity contribution in [3.05, 3.63) is 77.3 Å². The Balaban J connectivity index is 2.06. The van der Waals surface area contributed by atoms with E-state index in [9.17, 15) is 21.9 Å². The van der Waals surface area contributed by atoms with Gasteiger partial charge in [-0.25, -0.2) is 16.8 Å². The van der Waals surface area contributed by atoms with E-state index in [1.165, 1.54) is 55.5 Å². The first-order valence-electron chi connectivity index (χ1n) is 8.01. The van der Waals surface area contributed by atoms with E-state index in [2.05, 4.69) is 4.72 Å². The molecule has 146 valence electrons. The van der Waals surface area contributed by atoms with Gasteiger partial charge < -0.3 is 5.11 Å². The summed E-state index contributed by atoms with van der Waals surface area (Å²) in [6.45, 7) is 1.51. The quantitative estimate of drug-likeness (QED) is 0.660. The van der Waals surface area contributed by atoms with Crippen LogP contribution in [-0.4, -0.2) is 16.8 Å². The molecule has 0 aromatic heterocycles. The van der Waals surface area contributed by atoms with Crippen molar-refractivity contribution in [3.8, 4) is 5.75 Å². The van der Waals surface area contributed by atoms with Crippen LogP contribution in [0.25, 0.3) is 0 Å². The predicted molar refractivity (Wildman–Crippen MR) is 105 cm³/mol. The minimum atomic E-state index is -4.10. The molecule has 28 heavy (non-hydrogen) atoms. The van der Waals surface area contributed by atoms with E-state index in [0.29, 0.717) is 10.6 Å². The first kappa shape index (κ1) is 20.2. The smallest absolute Gasteiger partial charge is 0.261 e. The maximum Gasteiger partial charge on any atom is 0.261 e. The van der Waals surface area contributed by atoms with Crippen LogP contribution in [0.2, 0.25) is 5.02 Å². The van der Waals surface area contributed by atoms with E-state index in [-0.39, 0.29) is 15.5 Å². The molecule has 0 heterocycles. The molecule has 3 aromatic carbocycles. The first-order chi connectivity index (χ1) is 13.1. The average Bonchev–Trinajstić information content (AvgIpc) is 2.65. The zero-order chi connectivity index (χ0) is 20.5. The number of rotatable bonds is 5. The third-order valence-electron chi connectivity index (χ3n) is 4.00. The van der Waals surface area contributed by atoms with Crippen molar-refractivity contribution in [2.75, 3.05) is 4.72 Å². The summed E-state index contributed by atoms with van der Waals surface area (Å²) >= 11 is 5.78. The molecule has 6 nitrogen and oxygen atoms in total. The van der Waals surface area contributed by atoms with Crippen LogP contribution in [0, 0.1) is 6.92 Å². The first-order valence-corrected chi connectivity index (χ1v) is 11.4. The number of aryl methyl sites for hydroxylation is 1. The molecule has 0 spiro atoms. The zero-order valence-corrected chi connectivity index (χ0v) is 17.0. The number of anilines is 1. The molecular weight excluding hydrogens is 422 g/mol. The normalized spacial score (nSPS) is 11.9. The number of benzene rings is 3. The molecule has 3 aromatic rings. The number of sulfonamides is 1. The van der Waals surface area contributed by atoms with Gasteiger partial charge in [-0.15, -0.1) is 0 Å². The number of hydrogen-bond acceptors (Lipinski definition) is 5. The second-order valence-corrected chi connectivity index (χ2v) is 10.0. The van der Waals surface area contributed by atoms with Crippen LogP contribution in [0.15, 0.2) is 81.4 Å². The second kappa shape index (κ2) is 7.46. The molecule has 9 heteroatoms. The highest BCUT2D eigenvalue weighted by Gasteiger charge is 2.21. The summed E-state index contributed by atoms with van der Waals surface area (Å²) < 4.78 is 53.1. The lowest BCUT2D eigenvalue weighted by Crippen LogP contribution is -2.15. The Morgan fingerprint density at radius 2 is 1.46 bits per heavy atom. The summed E-state index contributed by atoms with van der Waals surface area (Å²) in [4.78, 5) is -0.601. The van der Waals surface area contributed by atoms with Crippen LogP contribution in [0.3, 0.4) is 0 Å². The molecule has 0 bridgehead atoms. The number of hydrogen-bond donors (Lipinski definition) is 1. The van der Waals surface area contributed by atoms with E-state index in [1.54, 1.807) is 6.07 Å². The van der Waals surface area contributed by atoms with E-state index in [1.807, 2.05) is 0 Å². The third-order valence-corrected chi connectivity index (χ3v) is 7.43. The van der Waals surface area contributed by atoms with Gasteiger partial charge in [0.05, 0.1) is 20.4 Å². The zero-order valence-electron chi connectivity index (χ0n) is 14.6. The maximum absolute atomic E-state index is 12.8. The highest BCUT2D eigenvalue weighted by molar-refractivity contribution is 7.93. The van der Waals surface area contributed by atoms with Crippen molar-refractivity contribution < 1.29 is 21.9 Å². The Labute approximate surface area is 168 Å². The van der Waals surface area contributed by atoms with Gasteiger partial charge in [-0.05, 0) is 55.0 Å². The van der Waals surface area contributed by atoms with Gasteiger partial charge in [0, 0.05) is 5.02 Å². The van der Waals surface area contributed by atoms with E-state index < -0.39 is 30.5 Å². The van der Waals surface area contributed by atoms with Crippen molar-refractivity contribution in [1.82, 2.24) is 0 Å². The van der Waals surface area contributed by atoms with Gasteiger partial charge in [0.25, 0.3) is 10.0 Å². The highest BCUT2D eigenvalue weighted by Crippen LogP contribution is 2.32. The minimum absolute atomic E-state index is 0.00376. The lowest BCUT2D eigenvalue weighted by molar-refractivity contribution is -0.272. The lowest BCUT2D eigenvalue weighted by atomic mass is 10.2. The lowest BCUT2D eigenvalue weighted by Gasteiger charge is -2.19. The number of halogens is 1. The standard InChI is InChI=1S/C19H16ClNO5S2/c1-13-11-18(22)19(27(23,24)15-5-3-2-4-6-15)12-17(13)21-28(25,26)16-9-7-14(20)8-10-16/h2-12,21-22H,1H3/p-1. The molecular formula is C19H15ClNO5S2-. The fraction of sp³-hybridized carbons (Fsp3) is 0.0526. The van der Waals surface area contributed by atoms with Gasteiger partial charge in [-0.1, -0.05) is 41.6 Å². The summed E-state index contributed by atoms with van der Waals surface area (Å²) in [5, 5.41) is 12.7. The SMILES string of the molecule is Cc1cc([O-])c(S(=O)(=O)c2ccccc2)cc1NS(=O)(=O)c1ccc(Cl)cc1. The molecule has 0 aliphatic carbocycles. The fourth-order valence-corrected chi connectivity index (χ4v) is 5.14. The molecule has 0 saturated carbocycles. The number of sulfone groups is 1. The molecule has 0 amide bonds. The Bertz CT molecular complexity index is 1220. The summed E-state index contributed by atoms with van der Waals surface area (Å²) in [7, 11) is -8.10. The summed E-state index contributed by atoms with van der Waals surface area (Å²) in [6, 6.07) is 15.1. The topological polar surface area (TPSA) is 103 Å². The average molecular weight is 437 g/mol. The minimum Gasteiger partial charge on any atom is -0.872 e. The van der Waals surface area contributed by atoms with Crippen LogP contribution in [0.4, 0.5) is 5.69 Å². The van der Waals surface area contributed by atoms with Gasteiger partial charge in [0.2, 0.25) is 9.84 Å². The molecule has 1 N–H and O–H groups in total. The summed E-state index contributed by atoms with van der Waals surface area (Å²) in [6.07, 6.45) is 0. The van der Waals surface area contributed by atoms with Gasteiger partial charge in [0.15, 0.2) is 0 Å². The summed E-state index contributed by atoms with van der Waals surface area (Å²) in [5.74, 6) is -0.712. The monoisotopic (exact) mass is 436 g/mol. The van der Waals surface area contributed by atoms with Crippen LogP contribution < -0.4 is 9.83 Å². The molecule has 0 aliphatic rings. The van der Waals surface area contributed by atoms with Crippen LogP contribution in [-0.2, 0) is 19.9 Å². The second-order valence-electron chi connectivity index (χ2n) is 5.99. The van der Waals surface area contributed by atoms with Crippen LogP contribution >= 0.6 is 11.6 Å².